The van der Waals surface area contributed by atoms with Crippen molar-refractivity contribution in [2.45, 2.75) is 44.7 Å². The van der Waals surface area contributed by atoms with Crippen molar-refractivity contribution in [3.8, 4) is 0 Å². The maximum atomic E-state index is 4.65. The van der Waals surface area contributed by atoms with E-state index in [1.165, 1.54) is 62.1 Å². The molecule has 3 nitrogen and oxygen atoms in total. The Morgan fingerprint density at radius 3 is 3.15 bits per heavy atom. The Bertz CT molecular complexity index is 573. The average molecular weight is 287 g/mol. The molecule has 0 amide bonds. The molecular formula is C16H21N3S. The van der Waals surface area contributed by atoms with Gasteiger partial charge in [-0.3, -0.25) is 4.90 Å². The van der Waals surface area contributed by atoms with Crippen LogP contribution in [-0.2, 0) is 19.4 Å². The fourth-order valence-corrected chi connectivity index (χ4v) is 4.29. The van der Waals surface area contributed by atoms with Crippen molar-refractivity contribution in [1.29, 1.82) is 0 Å². The minimum atomic E-state index is 0.642. The fourth-order valence-electron chi connectivity index (χ4n) is 3.63. The Kier molecular flexibility index (Phi) is 3.36. The highest BCUT2D eigenvalue weighted by atomic mass is 32.1. The molecule has 1 aliphatic carbocycles. The lowest BCUT2D eigenvalue weighted by Gasteiger charge is -2.20. The molecule has 0 N–H and O–H groups in total. The van der Waals surface area contributed by atoms with Gasteiger partial charge in [-0.05, 0) is 54.5 Å². The van der Waals surface area contributed by atoms with Crippen LogP contribution in [0.1, 0.15) is 42.3 Å². The number of likely N-dealkylation sites (tertiary alicyclic amines) is 1. The average Bonchev–Trinajstić information content (AvgIpc) is 3.18. The van der Waals surface area contributed by atoms with Gasteiger partial charge in [0, 0.05) is 31.4 Å². The van der Waals surface area contributed by atoms with Crippen molar-refractivity contribution in [2.24, 2.45) is 0 Å². The Morgan fingerprint density at radius 1 is 1.30 bits per heavy atom. The molecule has 2 aromatic heterocycles. The van der Waals surface area contributed by atoms with Crippen molar-refractivity contribution in [3.05, 3.63) is 40.1 Å². The molecule has 1 saturated heterocycles. The summed E-state index contributed by atoms with van der Waals surface area (Å²) in [6.07, 6.45) is 8.45. The van der Waals surface area contributed by atoms with Gasteiger partial charge in [0.25, 0.3) is 0 Å². The zero-order chi connectivity index (χ0) is 13.4. The van der Waals surface area contributed by atoms with E-state index in [-0.39, 0.29) is 0 Å². The summed E-state index contributed by atoms with van der Waals surface area (Å²) in [5.41, 5.74) is 4.36. The van der Waals surface area contributed by atoms with E-state index in [0.717, 1.165) is 6.54 Å². The van der Waals surface area contributed by atoms with E-state index in [1.54, 1.807) is 11.3 Å². The number of rotatable bonds is 3. The second-order valence-corrected chi connectivity index (χ2v) is 6.84. The van der Waals surface area contributed by atoms with Crippen LogP contribution < -0.4 is 0 Å². The number of imidazole rings is 1. The van der Waals surface area contributed by atoms with Gasteiger partial charge in [-0.2, -0.15) is 11.3 Å². The Morgan fingerprint density at radius 2 is 2.25 bits per heavy atom. The van der Waals surface area contributed by atoms with Crippen molar-refractivity contribution < 1.29 is 0 Å². The van der Waals surface area contributed by atoms with Crippen LogP contribution in [0.5, 0.6) is 0 Å². The Hall–Kier alpha value is -1.13. The van der Waals surface area contributed by atoms with Crippen LogP contribution in [0.4, 0.5) is 0 Å². The minimum absolute atomic E-state index is 0.642. The molecule has 1 unspecified atom stereocenters. The molecular weight excluding hydrogens is 266 g/mol. The van der Waals surface area contributed by atoms with Crippen molar-refractivity contribution in [3.63, 3.8) is 0 Å². The first-order chi connectivity index (χ1) is 9.90. The summed E-state index contributed by atoms with van der Waals surface area (Å²) in [6.45, 7) is 3.50. The molecule has 1 aliphatic heterocycles. The minimum Gasteiger partial charge on any atom is -0.330 e. The molecule has 3 heterocycles. The predicted molar refractivity (Wildman–Crippen MR) is 82.1 cm³/mol. The van der Waals surface area contributed by atoms with E-state index in [1.807, 2.05) is 0 Å². The fraction of sp³-hybridized carbons (Fsp3) is 0.562. The number of hydrogen-bond donors (Lipinski definition) is 0. The maximum Gasteiger partial charge on any atom is 0.0954 e. The van der Waals surface area contributed by atoms with Crippen LogP contribution in [0, 0.1) is 0 Å². The molecule has 1 fully saturated rings. The summed E-state index contributed by atoms with van der Waals surface area (Å²) in [4.78, 5) is 7.23. The number of fused-ring (bicyclic) bond motifs is 1. The molecule has 0 saturated carbocycles. The lowest BCUT2D eigenvalue weighted by atomic mass is 10.0. The largest absolute Gasteiger partial charge is 0.330 e. The third kappa shape index (κ3) is 2.31. The number of thiophene rings is 1. The van der Waals surface area contributed by atoms with Gasteiger partial charge in [0.15, 0.2) is 0 Å². The van der Waals surface area contributed by atoms with Gasteiger partial charge in [-0.1, -0.05) is 0 Å². The molecule has 2 aromatic rings. The second-order valence-electron chi connectivity index (χ2n) is 6.06. The number of aromatic nitrogens is 2. The third-order valence-electron chi connectivity index (χ3n) is 4.69. The van der Waals surface area contributed by atoms with E-state index in [2.05, 4.69) is 37.6 Å². The molecule has 0 spiro atoms. The first kappa shape index (κ1) is 12.6. The zero-order valence-electron chi connectivity index (χ0n) is 11.8. The molecule has 0 radical (unpaired) electrons. The highest BCUT2D eigenvalue weighted by molar-refractivity contribution is 7.07. The lowest BCUT2D eigenvalue weighted by Crippen LogP contribution is -2.21. The molecule has 4 heteroatoms. The first-order valence-corrected chi connectivity index (χ1v) is 8.62. The Balaban J connectivity index is 1.47. The standard InChI is InChI=1S/C16H21N3S/c1-2-4-16-15(3-1)17-12-19(16)14-5-7-18(10-14)9-13-6-8-20-11-13/h6,8,11-12,14H,1-5,7,9-10H2. The number of aryl methyl sites for hydroxylation is 1. The highest BCUT2D eigenvalue weighted by Gasteiger charge is 2.27. The number of nitrogens with zero attached hydrogens (tertiary/aromatic N) is 3. The van der Waals surface area contributed by atoms with Crippen molar-refractivity contribution in [1.82, 2.24) is 14.5 Å². The van der Waals surface area contributed by atoms with E-state index in [0.29, 0.717) is 6.04 Å². The molecule has 1 atom stereocenters. The van der Waals surface area contributed by atoms with Gasteiger partial charge in [0.2, 0.25) is 0 Å². The topological polar surface area (TPSA) is 21.1 Å². The predicted octanol–water partition coefficient (Wildman–Crippen LogP) is 3.27. The first-order valence-electron chi connectivity index (χ1n) is 7.68. The summed E-state index contributed by atoms with van der Waals surface area (Å²) >= 11 is 1.80. The molecule has 0 bridgehead atoms. The summed E-state index contributed by atoms with van der Waals surface area (Å²) in [5, 5.41) is 4.45. The smallest absolute Gasteiger partial charge is 0.0954 e. The van der Waals surface area contributed by atoms with E-state index >= 15 is 0 Å². The van der Waals surface area contributed by atoms with Crippen LogP contribution in [0.3, 0.4) is 0 Å². The van der Waals surface area contributed by atoms with E-state index < -0.39 is 0 Å². The van der Waals surface area contributed by atoms with Crippen LogP contribution >= 0.6 is 11.3 Å². The second kappa shape index (κ2) is 5.34. The number of hydrogen-bond acceptors (Lipinski definition) is 3. The molecule has 106 valence electrons. The lowest BCUT2D eigenvalue weighted by molar-refractivity contribution is 0.315. The van der Waals surface area contributed by atoms with Gasteiger partial charge in [-0.25, -0.2) is 4.98 Å². The monoisotopic (exact) mass is 287 g/mol. The summed E-state index contributed by atoms with van der Waals surface area (Å²) in [5.74, 6) is 0. The Labute approximate surface area is 124 Å². The van der Waals surface area contributed by atoms with Gasteiger partial charge in [0.05, 0.1) is 12.0 Å². The van der Waals surface area contributed by atoms with Crippen LogP contribution in [0.15, 0.2) is 23.2 Å². The van der Waals surface area contributed by atoms with E-state index in [4.69, 9.17) is 0 Å². The molecule has 4 rings (SSSR count). The quantitative estimate of drug-likeness (QED) is 0.864. The van der Waals surface area contributed by atoms with Crippen LogP contribution in [0.25, 0.3) is 0 Å². The molecule has 20 heavy (non-hydrogen) atoms. The summed E-state index contributed by atoms with van der Waals surface area (Å²) < 4.78 is 2.49. The molecule has 2 aliphatic rings. The van der Waals surface area contributed by atoms with Crippen LogP contribution in [-0.4, -0.2) is 27.5 Å². The van der Waals surface area contributed by atoms with Gasteiger partial charge >= 0.3 is 0 Å². The van der Waals surface area contributed by atoms with Crippen LogP contribution in [0.2, 0.25) is 0 Å². The molecule has 0 aromatic carbocycles. The van der Waals surface area contributed by atoms with Gasteiger partial charge < -0.3 is 4.57 Å². The normalized spacial score (nSPS) is 23.1. The van der Waals surface area contributed by atoms with Gasteiger partial charge in [0.1, 0.15) is 0 Å². The third-order valence-corrected chi connectivity index (χ3v) is 5.42. The van der Waals surface area contributed by atoms with Gasteiger partial charge in [-0.15, -0.1) is 0 Å². The highest BCUT2D eigenvalue weighted by Crippen LogP contribution is 2.29. The zero-order valence-corrected chi connectivity index (χ0v) is 12.6. The van der Waals surface area contributed by atoms with Crippen molar-refractivity contribution >= 4 is 11.3 Å². The van der Waals surface area contributed by atoms with Crippen molar-refractivity contribution in [2.75, 3.05) is 13.1 Å². The summed E-state index contributed by atoms with van der Waals surface area (Å²) in [7, 11) is 0. The maximum absolute atomic E-state index is 4.65. The summed E-state index contributed by atoms with van der Waals surface area (Å²) in [6, 6.07) is 2.89. The SMILES string of the molecule is c1cc(CN2CCC(n3cnc4c3CCCC4)C2)cs1. The van der Waals surface area contributed by atoms with E-state index in [9.17, 15) is 0 Å².